The number of carbonyl (C=O) groups is 1. The molecule has 2 fully saturated rings. The zero-order valence-electron chi connectivity index (χ0n) is 14.0. The first-order chi connectivity index (χ1) is 10.8. The van der Waals surface area contributed by atoms with E-state index in [9.17, 15) is 4.79 Å². The first-order valence-corrected chi connectivity index (χ1v) is 9.49. The number of nitrogens with zero attached hydrogens (tertiary/aromatic N) is 2. The van der Waals surface area contributed by atoms with Gasteiger partial charge in [0.25, 0.3) is 0 Å². The maximum atomic E-state index is 12.7. The number of hydrogen-bond donors (Lipinski definition) is 0. The van der Waals surface area contributed by atoms with Crippen LogP contribution in [0.1, 0.15) is 57.8 Å². The normalized spacial score (nSPS) is 31.0. The summed E-state index contributed by atoms with van der Waals surface area (Å²) < 4.78 is 0. The highest BCUT2D eigenvalue weighted by atomic mass is 16.2. The number of rotatable bonds is 3. The summed E-state index contributed by atoms with van der Waals surface area (Å²) in [6, 6.07) is 0. The minimum absolute atomic E-state index is 0.266. The number of piperidine rings is 1. The van der Waals surface area contributed by atoms with Gasteiger partial charge in [-0.15, -0.1) is 0 Å². The number of likely N-dealkylation sites (tertiary alicyclic amines) is 2. The van der Waals surface area contributed by atoms with Gasteiger partial charge in [0.15, 0.2) is 0 Å². The molecule has 0 aromatic rings. The van der Waals surface area contributed by atoms with Crippen molar-refractivity contribution in [3.8, 4) is 0 Å². The molecule has 2 unspecified atom stereocenters. The van der Waals surface area contributed by atoms with Crippen molar-refractivity contribution in [2.45, 2.75) is 57.8 Å². The number of hydrogen-bond acceptors (Lipinski definition) is 2. The van der Waals surface area contributed by atoms with Gasteiger partial charge in [0.05, 0.1) is 0 Å². The quantitative estimate of drug-likeness (QED) is 0.746. The molecular weight excluding hydrogens is 272 g/mol. The van der Waals surface area contributed by atoms with Gasteiger partial charge < -0.3 is 9.80 Å². The van der Waals surface area contributed by atoms with E-state index >= 15 is 0 Å². The molecule has 3 heteroatoms. The summed E-state index contributed by atoms with van der Waals surface area (Å²) in [6.45, 7) is 5.77. The summed E-state index contributed by atoms with van der Waals surface area (Å²) in [5.74, 6) is 1.40. The second kappa shape index (κ2) is 8.14. The predicted octanol–water partition coefficient (Wildman–Crippen LogP) is 3.46. The third-order valence-corrected chi connectivity index (χ3v) is 5.66. The Labute approximate surface area is 135 Å². The molecule has 0 radical (unpaired) electrons. The van der Waals surface area contributed by atoms with E-state index < -0.39 is 0 Å². The van der Waals surface area contributed by atoms with Gasteiger partial charge in [0.1, 0.15) is 0 Å². The van der Waals surface area contributed by atoms with Crippen molar-refractivity contribution in [2.75, 3.05) is 32.7 Å². The van der Waals surface area contributed by atoms with E-state index in [0.29, 0.717) is 11.8 Å². The zero-order valence-corrected chi connectivity index (χ0v) is 14.0. The van der Waals surface area contributed by atoms with Crippen LogP contribution in [0.3, 0.4) is 0 Å². The summed E-state index contributed by atoms with van der Waals surface area (Å²) >= 11 is 0. The van der Waals surface area contributed by atoms with E-state index in [1.807, 2.05) is 0 Å². The molecule has 0 N–H and O–H groups in total. The van der Waals surface area contributed by atoms with Crippen LogP contribution in [0.5, 0.6) is 0 Å². The molecule has 3 aliphatic rings. The predicted molar refractivity (Wildman–Crippen MR) is 90.7 cm³/mol. The van der Waals surface area contributed by atoms with E-state index in [0.717, 1.165) is 32.4 Å². The van der Waals surface area contributed by atoms with Crippen LogP contribution in [0.4, 0.5) is 0 Å². The third-order valence-electron chi connectivity index (χ3n) is 5.66. The fourth-order valence-corrected chi connectivity index (χ4v) is 4.37. The molecule has 1 aliphatic carbocycles. The van der Waals surface area contributed by atoms with Crippen LogP contribution in [-0.4, -0.2) is 48.4 Å². The molecule has 22 heavy (non-hydrogen) atoms. The van der Waals surface area contributed by atoms with E-state index in [2.05, 4.69) is 22.0 Å². The number of allylic oxidation sites excluding steroid dienone is 2. The van der Waals surface area contributed by atoms with E-state index in [1.54, 1.807) is 0 Å². The summed E-state index contributed by atoms with van der Waals surface area (Å²) in [6.07, 6.45) is 15.6. The van der Waals surface area contributed by atoms with E-state index in [1.165, 1.54) is 58.2 Å². The van der Waals surface area contributed by atoms with Crippen LogP contribution in [-0.2, 0) is 4.79 Å². The summed E-state index contributed by atoms with van der Waals surface area (Å²) in [7, 11) is 0. The summed E-state index contributed by atoms with van der Waals surface area (Å²) in [5.41, 5.74) is 0. The highest BCUT2D eigenvalue weighted by molar-refractivity contribution is 5.79. The highest BCUT2D eigenvalue weighted by Crippen LogP contribution is 2.25. The van der Waals surface area contributed by atoms with E-state index in [-0.39, 0.29) is 5.92 Å². The van der Waals surface area contributed by atoms with Crippen LogP contribution < -0.4 is 0 Å². The van der Waals surface area contributed by atoms with Crippen molar-refractivity contribution in [3.63, 3.8) is 0 Å². The average Bonchev–Trinajstić information content (AvgIpc) is 2.84. The lowest BCUT2D eigenvalue weighted by molar-refractivity contribution is -0.137. The van der Waals surface area contributed by atoms with Gasteiger partial charge in [-0.25, -0.2) is 0 Å². The Morgan fingerprint density at radius 3 is 2.50 bits per heavy atom. The van der Waals surface area contributed by atoms with E-state index in [4.69, 9.17) is 0 Å². The molecule has 2 aliphatic heterocycles. The Morgan fingerprint density at radius 2 is 1.77 bits per heavy atom. The second-order valence-electron chi connectivity index (χ2n) is 7.49. The maximum absolute atomic E-state index is 12.7. The SMILES string of the molecule is O=C(C1CC=CCC1)N1CCCC(CN2CCCCCC2)C1. The topological polar surface area (TPSA) is 23.6 Å². The lowest BCUT2D eigenvalue weighted by atomic mass is 9.90. The van der Waals surface area contributed by atoms with Gasteiger partial charge in [-0.1, -0.05) is 25.0 Å². The number of amides is 1. The van der Waals surface area contributed by atoms with Crippen LogP contribution in [0.25, 0.3) is 0 Å². The molecule has 0 aromatic heterocycles. The molecule has 2 atom stereocenters. The summed E-state index contributed by atoms with van der Waals surface area (Å²) in [4.78, 5) is 17.6. The standard InChI is InChI=1S/C19H32N2O/c22-19(18-10-4-3-5-11-18)21-14-8-9-17(16-21)15-20-12-6-1-2-7-13-20/h3-4,17-18H,1-2,5-16H2. The van der Waals surface area contributed by atoms with Crippen molar-refractivity contribution >= 4 is 5.91 Å². The van der Waals surface area contributed by atoms with Crippen molar-refractivity contribution in [1.29, 1.82) is 0 Å². The van der Waals surface area contributed by atoms with Crippen LogP contribution in [0.15, 0.2) is 12.2 Å². The second-order valence-corrected chi connectivity index (χ2v) is 7.49. The Bertz CT molecular complexity index is 385. The third kappa shape index (κ3) is 4.34. The summed E-state index contributed by atoms with van der Waals surface area (Å²) in [5, 5.41) is 0. The van der Waals surface area contributed by atoms with Gasteiger partial charge in [0, 0.05) is 25.6 Å². The first-order valence-electron chi connectivity index (χ1n) is 9.49. The molecule has 1 amide bonds. The maximum Gasteiger partial charge on any atom is 0.226 e. The smallest absolute Gasteiger partial charge is 0.226 e. The average molecular weight is 304 g/mol. The molecule has 2 saturated heterocycles. The van der Waals surface area contributed by atoms with Crippen LogP contribution in [0, 0.1) is 11.8 Å². The Hall–Kier alpha value is -0.830. The lowest BCUT2D eigenvalue weighted by Crippen LogP contribution is -2.46. The van der Waals surface area contributed by atoms with Gasteiger partial charge >= 0.3 is 0 Å². The molecule has 0 bridgehead atoms. The number of carbonyl (C=O) groups excluding carboxylic acids is 1. The lowest BCUT2D eigenvalue weighted by Gasteiger charge is -2.37. The molecule has 124 valence electrons. The van der Waals surface area contributed by atoms with Crippen molar-refractivity contribution in [2.24, 2.45) is 11.8 Å². The molecule has 2 heterocycles. The molecular formula is C19H32N2O. The highest BCUT2D eigenvalue weighted by Gasteiger charge is 2.29. The minimum Gasteiger partial charge on any atom is -0.342 e. The Kier molecular flexibility index (Phi) is 5.94. The first kappa shape index (κ1) is 16.0. The fourth-order valence-electron chi connectivity index (χ4n) is 4.37. The van der Waals surface area contributed by atoms with Gasteiger partial charge in [-0.3, -0.25) is 4.79 Å². The Morgan fingerprint density at radius 1 is 0.955 bits per heavy atom. The van der Waals surface area contributed by atoms with Gasteiger partial charge in [0.2, 0.25) is 5.91 Å². The molecule has 3 rings (SSSR count). The van der Waals surface area contributed by atoms with Crippen molar-refractivity contribution in [3.05, 3.63) is 12.2 Å². The minimum atomic E-state index is 0.266. The fraction of sp³-hybridized carbons (Fsp3) is 0.842. The Balaban J connectivity index is 1.50. The monoisotopic (exact) mass is 304 g/mol. The molecule has 0 aromatic carbocycles. The van der Waals surface area contributed by atoms with Gasteiger partial charge in [-0.2, -0.15) is 0 Å². The molecule has 0 saturated carbocycles. The molecule has 3 nitrogen and oxygen atoms in total. The zero-order chi connectivity index (χ0) is 15.2. The van der Waals surface area contributed by atoms with Crippen molar-refractivity contribution < 1.29 is 4.79 Å². The van der Waals surface area contributed by atoms with Crippen LogP contribution in [0.2, 0.25) is 0 Å². The van der Waals surface area contributed by atoms with Crippen molar-refractivity contribution in [1.82, 2.24) is 9.80 Å². The van der Waals surface area contributed by atoms with Gasteiger partial charge in [-0.05, 0) is 64.0 Å². The molecule has 0 spiro atoms. The largest absolute Gasteiger partial charge is 0.342 e. The van der Waals surface area contributed by atoms with Crippen LogP contribution >= 0.6 is 0 Å².